The van der Waals surface area contributed by atoms with E-state index in [4.69, 9.17) is 5.11 Å². The van der Waals surface area contributed by atoms with Gasteiger partial charge in [0.1, 0.15) is 11.4 Å². The number of carbonyl (C=O) groups is 1. The molecule has 3 heteroatoms. The number of rotatable bonds is 2. The molecule has 0 spiro atoms. The van der Waals surface area contributed by atoms with E-state index in [1.54, 1.807) is 6.92 Å². The van der Waals surface area contributed by atoms with Gasteiger partial charge in [-0.2, -0.15) is 0 Å². The van der Waals surface area contributed by atoms with Crippen molar-refractivity contribution in [3.05, 3.63) is 24.0 Å². The molecule has 0 atom stereocenters. The van der Waals surface area contributed by atoms with Gasteiger partial charge in [0, 0.05) is 18.7 Å². The molecule has 58 valence electrons. The molecule has 1 aromatic rings. The van der Waals surface area contributed by atoms with E-state index in [1.807, 2.05) is 0 Å². The van der Waals surface area contributed by atoms with Crippen molar-refractivity contribution >= 4 is 5.78 Å². The number of nitrogens with zero attached hydrogens (tertiary/aromatic N) is 1. The van der Waals surface area contributed by atoms with Crippen LogP contribution in [0.5, 0.6) is 5.75 Å². The van der Waals surface area contributed by atoms with Crippen molar-refractivity contribution in [2.75, 3.05) is 0 Å². The molecule has 3 nitrogen and oxygen atoms in total. The Morgan fingerprint density at radius 3 is 3.00 bits per heavy atom. The minimum atomic E-state index is -0.0547. The molecule has 0 unspecified atom stereocenters. The predicted molar refractivity (Wildman–Crippen MR) is 40.5 cm³/mol. The Labute approximate surface area is 64.7 Å². The lowest BCUT2D eigenvalue weighted by Crippen LogP contribution is -1.98. The summed E-state index contributed by atoms with van der Waals surface area (Å²) in [6.07, 6.45) is 1.83. The van der Waals surface area contributed by atoms with Crippen LogP contribution in [0.2, 0.25) is 0 Å². The smallest absolute Gasteiger partial charge is 0.181 e. The summed E-state index contributed by atoms with van der Waals surface area (Å²) < 4.78 is 0. The summed E-state index contributed by atoms with van der Waals surface area (Å²) in [5.74, 6) is 0.0256. The summed E-state index contributed by atoms with van der Waals surface area (Å²) in [4.78, 5) is 14.8. The van der Waals surface area contributed by atoms with Gasteiger partial charge in [0.05, 0.1) is 0 Å². The van der Waals surface area contributed by atoms with Crippen LogP contribution in [-0.2, 0) is 0 Å². The molecule has 0 bridgehead atoms. The largest absolute Gasteiger partial charge is 0.508 e. The highest BCUT2D eigenvalue weighted by Gasteiger charge is 2.03. The number of hydrogen-bond acceptors (Lipinski definition) is 3. The van der Waals surface area contributed by atoms with E-state index in [0.717, 1.165) is 0 Å². The van der Waals surface area contributed by atoms with E-state index in [0.29, 0.717) is 12.1 Å². The molecule has 0 fully saturated rings. The zero-order chi connectivity index (χ0) is 8.27. The van der Waals surface area contributed by atoms with Crippen molar-refractivity contribution in [1.29, 1.82) is 0 Å². The monoisotopic (exact) mass is 151 g/mol. The maximum Gasteiger partial charge on any atom is 0.181 e. The third kappa shape index (κ3) is 1.77. The van der Waals surface area contributed by atoms with E-state index in [1.165, 1.54) is 18.3 Å². The molecule has 0 saturated carbocycles. The lowest BCUT2D eigenvalue weighted by Gasteiger charge is -1.95. The SMILES string of the molecule is CCC(=O)c1cc(O)ccn1. The summed E-state index contributed by atoms with van der Waals surface area (Å²) in [5, 5.41) is 8.97. The minimum absolute atomic E-state index is 0.0547. The van der Waals surface area contributed by atoms with Crippen LogP contribution in [0.3, 0.4) is 0 Å². The van der Waals surface area contributed by atoms with Crippen molar-refractivity contribution in [2.45, 2.75) is 13.3 Å². The van der Waals surface area contributed by atoms with Gasteiger partial charge in [0.15, 0.2) is 5.78 Å². The van der Waals surface area contributed by atoms with E-state index in [-0.39, 0.29) is 11.5 Å². The molecule has 0 aliphatic rings. The number of hydrogen-bond donors (Lipinski definition) is 1. The fraction of sp³-hybridized carbons (Fsp3) is 0.250. The number of ketones is 1. The van der Waals surface area contributed by atoms with Crippen molar-refractivity contribution in [1.82, 2.24) is 4.98 Å². The van der Waals surface area contributed by atoms with Crippen molar-refractivity contribution in [3.63, 3.8) is 0 Å². The molecular weight excluding hydrogens is 142 g/mol. The Hall–Kier alpha value is -1.38. The molecule has 1 heterocycles. The first kappa shape index (κ1) is 7.72. The van der Waals surface area contributed by atoms with Crippen LogP contribution >= 0.6 is 0 Å². The van der Waals surface area contributed by atoms with Gasteiger partial charge in [-0.1, -0.05) is 6.92 Å². The standard InChI is InChI=1S/C8H9NO2/c1-2-8(11)7-5-6(10)3-4-9-7/h3-5H,2H2,1H3,(H,9,10). The van der Waals surface area contributed by atoms with Crippen molar-refractivity contribution in [3.8, 4) is 5.75 Å². The van der Waals surface area contributed by atoms with Gasteiger partial charge < -0.3 is 5.11 Å². The lowest BCUT2D eigenvalue weighted by molar-refractivity contribution is 0.0983. The van der Waals surface area contributed by atoms with Crippen LogP contribution in [0.1, 0.15) is 23.8 Å². The lowest BCUT2D eigenvalue weighted by atomic mass is 10.2. The maximum absolute atomic E-state index is 11.0. The zero-order valence-corrected chi connectivity index (χ0v) is 6.24. The first-order valence-electron chi connectivity index (χ1n) is 3.42. The Morgan fingerprint density at radius 2 is 2.45 bits per heavy atom. The third-order valence-electron chi connectivity index (χ3n) is 1.35. The summed E-state index contributed by atoms with van der Waals surface area (Å²) in [6, 6.07) is 2.80. The third-order valence-corrected chi connectivity index (χ3v) is 1.35. The van der Waals surface area contributed by atoms with Crippen LogP contribution in [-0.4, -0.2) is 15.9 Å². The van der Waals surface area contributed by atoms with Crippen LogP contribution < -0.4 is 0 Å². The molecule has 0 saturated heterocycles. The highest BCUT2D eigenvalue weighted by Crippen LogP contribution is 2.09. The van der Waals surface area contributed by atoms with Crippen LogP contribution in [0.25, 0.3) is 0 Å². The normalized spacial score (nSPS) is 9.55. The highest BCUT2D eigenvalue weighted by atomic mass is 16.3. The molecule has 11 heavy (non-hydrogen) atoms. The topological polar surface area (TPSA) is 50.2 Å². The first-order chi connectivity index (χ1) is 5.24. The van der Waals surface area contributed by atoms with Crippen molar-refractivity contribution in [2.24, 2.45) is 0 Å². The van der Waals surface area contributed by atoms with Crippen LogP contribution in [0, 0.1) is 0 Å². The second-order valence-corrected chi connectivity index (χ2v) is 2.18. The number of pyridine rings is 1. The maximum atomic E-state index is 11.0. The summed E-state index contributed by atoms with van der Waals surface area (Å²) in [6.45, 7) is 1.76. The summed E-state index contributed by atoms with van der Waals surface area (Å²) in [5.41, 5.74) is 0.326. The average molecular weight is 151 g/mol. The molecule has 1 aromatic heterocycles. The zero-order valence-electron chi connectivity index (χ0n) is 6.24. The molecule has 0 aliphatic carbocycles. The number of aromatic hydroxyl groups is 1. The Morgan fingerprint density at radius 1 is 1.73 bits per heavy atom. The van der Waals surface area contributed by atoms with Gasteiger partial charge >= 0.3 is 0 Å². The molecule has 0 radical (unpaired) electrons. The Kier molecular flexibility index (Phi) is 2.21. The van der Waals surface area contributed by atoms with Gasteiger partial charge in [-0.3, -0.25) is 9.78 Å². The van der Waals surface area contributed by atoms with Gasteiger partial charge in [0.25, 0.3) is 0 Å². The number of carbonyl (C=O) groups excluding carboxylic acids is 1. The van der Waals surface area contributed by atoms with E-state index in [9.17, 15) is 4.79 Å². The predicted octanol–water partition coefficient (Wildman–Crippen LogP) is 1.38. The van der Waals surface area contributed by atoms with E-state index in [2.05, 4.69) is 4.98 Å². The average Bonchev–Trinajstić information content (AvgIpc) is 2.03. The van der Waals surface area contributed by atoms with Crippen LogP contribution in [0.15, 0.2) is 18.3 Å². The molecule has 0 aromatic carbocycles. The second-order valence-electron chi connectivity index (χ2n) is 2.18. The molecular formula is C8H9NO2. The van der Waals surface area contributed by atoms with Crippen molar-refractivity contribution < 1.29 is 9.90 Å². The van der Waals surface area contributed by atoms with Gasteiger partial charge in [-0.25, -0.2) is 0 Å². The Bertz CT molecular complexity index is 271. The molecule has 0 amide bonds. The van der Waals surface area contributed by atoms with Crippen LogP contribution in [0.4, 0.5) is 0 Å². The molecule has 1 N–H and O–H groups in total. The van der Waals surface area contributed by atoms with E-state index >= 15 is 0 Å². The molecule has 1 rings (SSSR count). The van der Waals surface area contributed by atoms with Gasteiger partial charge in [-0.15, -0.1) is 0 Å². The summed E-state index contributed by atoms with van der Waals surface area (Å²) in [7, 11) is 0. The first-order valence-corrected chi connectivity index (χ1v) is 3.42. The minimum Gasteiger partial charge on any atom is -0.508 e. The molecule has 0 aliphatic heterocycles. The van der Waals surface area contributed by atoms with E-state index < -0.39 is 0 Å². The fourth-order valence-electron chi connectivity index (χ4n) is 0.753. The number of aromatic nitrogens is 1. The second kappa shape index (κ2) is 3.14. The summed E-state index contributed by atoms with van der Waals surface area (Å²) >= 11 is 0. The van der Waals surface area contributed by atoms with Gasteiger partial charge in [0.2, 0.25) is 0 Å². The highest BCUT2D eigenvalue weighted by molar-refractivity contribution is 5.94. The fourth-order valence-corrected chi connectivity index (χ4v) is 0.753. The number of Topliss-reactive ketones (excluding diaryl/α,β-unsaturated/α-hetero) is 1. The quantitative estimate of drug-likeness (QED) is 0.649. The Balaban J connectivity index is 2.96. The van der Waals surface area contributed by atoms with Gasteiger partial charge in [-0.05, 0) is 6.07 Å².